The molecule has 0 unspecified atom stereocenters. The number of fused-ring (bicyclic) bond motifs is 3. The van der Waals surface area contributed by atoms with Crippen LogP contribution in [-0.4, -0.2) is 19.3 Å². The third kappa shape index (κ3) is 6.87. The average Bonchev–Trinajstić information content (AvgIpc) is 3.59. The van der Waals surface area contributed by atoms with Crippen molar-refractivity contribution in [2.75, 3.05) is 0 Å². The summed E-state index contributed by atoms with van der Waals surface area (Å²) in [6.45, 7) is 22.1. The van der Waals surface area contributed by atoms with Crippen LogP contribution in [0.3, 0.4) is 0 Å². The summed E-state index contributed by atoms with van der Waals surface area (Å²) in [6, 6.07) is 33.0. The molecule has 3 aromatic heterocycles. The largest absolute Gasteiger partial charge is 2.00 e. The van der Waals surface area contributed by atoms with Crippen LogP contribution in [-0.2, 0) is 32.3 Å². The molecule has 7 rings (SSSR count). The Morgan fingerprint density at radius 3 is 2.23 bits per heavy atom. The van der Waals surface area contributed by atoms with Gasteiger partial charge in [-0.25, -0.2) is 4.98 Å². The van der Waals surface area contributed by atoms with Crippen LogP contribution in [0.25, 0.3) is 44.4 Å². The molecule has 0 amide bonds. The van der Waals surface area contributed by atoms with E-state index < -0.39 is 0 Å². The van der Waals surface area contributed by atoms with Crippen molar-refractivity contribution in [2.24, 2.45) is 0 Å². The molecule has 0 bridgehead atoms. The van der Waals surface area contributed by atoms with Crippen molar-refractivity contribution in [1.82, 2.24) is 19.3 Å². The Bertz CT molecular complexity index is 2400. The van der Waals surface area contributed by atoms with Crippen molar-refractivity contribution < 1.29 is 25.2 Å². The third-order valence-electron chi connectivity index (χ3n) is 9.80. The maximum atomic E-state index is 6.70. The van der Waals surface area contributed by atoms with E-state index in [9.17, 15) is 0 Å². The van der Waals surface area contributed by atoms with Gasteiger partial charge in [-0.1, -0.05) is 89.4 Å². The molecule has 6 heteroatoms. The number of pyridine rings is 1. The maximum Gasteiger partial charge on any atom is 2.00 e. The fourth-order valence-electron chi connectivity index (χ4n) is 7.64. The molecule has 0 radical (unpaired) electrons. The second-order valence-corrected chi connectivity index (χ2v) is 15.4. The van der Waals surface area contributed by atoms with Crippen molar-refractivity contribution in [3.8, 4) is 34.1 Å². The minimum Gasteiger partial charge on any atom is -0.509 e. The topological polar surface area (TPSA) is 44.9 Å². The smallest absolute Gasteiger partial charge is 0.509 e. The van der Waals surface area contributed by atoms with E-state index in [0.717, 1.165) is 63.1 Å². The molecular weight excluding hydrogens is 731 g/mol. The summed E-state index contributed by atoms with van der Waals surface area (Å²) >= 11 is 0. The Hall–Kier alpha value is -4.50. The van der Waals surface area contributed by atoms with Gasteiger partial charge in [0.1, 0.15) is 5.82 Å². The van der Waals surface area contributed by atoms with Gasteiger partial charge in [-0.2, -0.15) is 11.2 Å². The molecule has 0 atom stereocenters. The summed E-state index contributed by atoms with van der Waals surface area (Å²) in [4.78, 5) is 4.81. The van der Waals surface area contributed by atoms with Gasteiger partial charge >= 0.3 is 20.4 Å². The molecule has 0 saturated carbocycles. The van der Waals surface area contributed by atoms with Crippen LogP contribution >= 0.6 is 0 Å². The predicted molar refractivity (Wildman–Crippen MR) is 211 cm³/mol. The summed E-state index contributed by atoms with van der Waals surface area (Å²) in [5.41, 5.74) is 13.5. The molecule has 268 valence electrons. The molecule has 7 aromatic rings. The van der Waals surface area contributed by atoms with E-state index in [4.69, 9.17) is 14.8 Å². The molecule has 5 nitrogen and oxygen atoms in total. The van der Waals surface area contributed by atoms with Gasteiger partial charge in [0.15, 0.2) is 0 Å². The number of aryl methyl sites for hydroxylation is 5. The number of rotatable bonds is 8. The van der Waals surface area contributed by atoms with Crippen molar-refractivity contribution in [2.45, 2.75) is 93.4 Å². The fourth-order valence-corrected chi connectivity index (χ4v) is 7.64. The van der Waals surface area contributed by atoms with Crippen LogP contribution in [0.4, 0.5) is 0 Å². The van der Waals surface area contributed by atoms with Crippen LogP contribution in [0.2, 0.25) is 0 Å². The molecule has 0 fully saturated rings. The van der Waals surface area contributed by atoms with Crippen molar-refractivity contribution in [3.05, 3.63) is 130 Å². The molecule has 52 heavy (non-hydrogen) atoms. The number of ether oxygens (including phenoxy) is 1. The van der Waals surface area contributed by atoms with Gasteiger partial charge in [-0.3, -0.25) is 4.68 Å². The minimum absolute atomic E-state index is 0. The SMILES string of the molecule is CCCc1ccnc(-n2c3[c-]c(Oc4[c-]c(-n5nc(C)c(-c6c(C)cc(C)cc6C)c5C(C)(C)C)cc(C(C)C)c4)ccc3c3ccccc32)c1.[Pd+2]. The third-order valence-corrected chi connectivity index (χ3v) is 9.80. The normalized spacial score (nSPS) is 11.8. The molecule has 0 aliphatic rings. The Morgan fingerprint density at radius 2 is 1.54 bits per heavy atom. The van der Waals surface area contributed by atoms with Crippen LogP contribution < -0.4 is 4.74 Å². The Balaban J connectivity index is 0.00000464. The van der Waals surface area contributed by atoms with Crippen LogP contribution in [0.1, 0.15) is 93.1 Å². The second-order valence-electron chi connectivity index (χ2n) is 15.4. The molecule has 0 N–H and O–H groups in total. The predicted octanol–water partition coefficient (Wildman–Crippen LogP) is 12.0. The molecular formula is C46H48N4OPd. The van der Waals surface area contributed by atoms with Crippen molar-refractivity contribution in [3.63, 3.8) is 0 Å². The van der Waals surface area contributed by atoms with Gasteiger partial charge in [0.25, 0.3) is 0 Å². The quantitative estimate of drug-likeness (QED) is 0.114. The van der Waals surface area contributed by atoms with Crippen LogP contribution in [0.15, 0.2) is 79.0 Å². The van der Waals surface area contributed by atoms with E-state index in [2.05, 4.69) is 157 Å². The summed E-state index contributed by atoms with van der Waals surface area (Å²) in [5, 5.41) is 7.49. The van der Waals surface area contributed by atoms with E-state index in [0.29, 0.717) is 11.5 Å². The number of para-hydroxylation sites is 1. The van der Waals surface area contributed by atoms with Gasteiger partial charge in [-0.05, 0) is 91.6 Å². The van der Waals surface area contributed by atoms with Crippen LogP contribution in [0.5, 0.6) is 11.5 Å². The van der Waals surface area contributed by atoms with E-state index in [1.807, 2.05) is 12.3 Å². The Kier molecular flexibility index (Phi) is 10.4. The summed E-state index contributed by atoms with van der Waals surface area (Å²) < 4.78 is 11.0. The maximum absolute atomic E-state index is 6.70. The van der Waals surface area contributed by atoms with Gasteiger partial charge in [-0.15, -0.1) is 41.3 Å². The second kappa shape index (κ2) is 14.5. The first-order valence-corrected chi connectivity index (χ1v) is 18.2. The van der Waals surface area contributed by atoms with Gasteiger partial charge in [0, 0.05) is 34.2 Å². The first-order chi connectivity index (χ1) is 24.3. The van der Waals surface area contributed by atoms with E-state index in [1.165, 1.54) is 33.4 Å². The first kappa shape index (κ1) is 37.3. The Labute approximate surface area is 322 Å². The van der Waals surface area contributed by atoms with Crippen LogP contribution in [0, 0.1) is 39.8 Å². The first-order valence-electron chi connectivity index (χ1n) is 18.2. The van der Waals surface area contributed by atoms with Gasteiger partial charge in [0.2, 0.25) is 0 Å². The molecule has 4 aromatic carbocycles. The fraction of sp³-hybridized carbons (Fsp3) is 0.304. The minimum atomic E-state index is -0.197. The molecule has 3 heterocycles. The zero-order valence-electron chi connectivity index (χ0n) is 32.0. The molecule has 0 saturated heterocycles. The summed E-state index contributed by atoms with van der Waals surface area (Å²) in [6.07, 6.45) is 4.00. The number of hydrogen-bond acceptors (Lipinski definition) is 3. The molecule has 0 aliphatic heterocycles. The number of nitrogens with zero attached hydrogens (tertiary/aromatic N) is 4. The zero-order valence-corrected chi connectivity index (χ0v) is 33.6. The van der Waals surface area contributed by atoms with E-state index in [1.54, 1.807) is 0 Å². The Morgan fingerprint density at radius 1 is 0.808 bits per heavy atom. The van der Waals surface area contributed by atoms with E-state index in [-0.39, 0.29) is 31.8 Å². The zero-order chi connectivity index (χ0) is 36.2. The number of hydrogen-bond donors (Lipinski definition) is 0. The summed E-state index contributed by atoms with van der Waals surface area (Å²) in [5.74, 6) is 2.41. The average molecular weight is 779 g/mol. The molecule has 0 spiro atoms. The van der Waals surface area contributed by atoms with E-state index >= 15 is 0 Å². The standard InChI is InChI=1S/C46H48N4O.Pd/c1-11-14-33-19-20-47-42(23-33)49-40-16-13-12-15-38(40)39-18-17-36(27-41(39)49)51-37-25-34(28(2)3)24-35(26-37)50-45(46(8,9)10)44(32(7)48-50)43-30(5)21-29(4)22-31(43)6;/h12-13,15-25,28H,11,14H2,1-10H3;/q-2;+2. The number of aromatic nitrogens is 4. The number of benzene rings is 4. The van der Waals surface area contributed by atoms with Gasteiger partial charge in [0.05, 0.1) is 11.4 Å². The van der Waals surface area contributed by atoms with Crippen molar-refractivity contribution >= 4 is 21.8 Å². The monoisotopic (exact) mass is 778 g/mol. The molecule has 0 aliphatic carbocycles. The van der Waals surface area contributed by atoms with Gasteiger partial charge < -0.3 is 9.30 Å². The van der Waals surface area contributed by atoms with Crippen molar-refractivity contribution in [1.29, 1.82) is 0 Å². The summed E-state index contributed by atoms with van der Waals surface area (Å²) in [7, 11) is 0.